The van der Waals surface area contributed by atoms with E-state index in [9.17, 15) is 4.79 Å². The summed E-state index contributed by atoms with van der Waals surface area (Å²) in [5.74, 6) is 1.20. The van der Waals surface area contributed by atoms with E-state index < -0.39 is 0 Å². The molecule has 0 spiro atoms. The fourth-order valence-electron chi connectivity index (χ4n) is 2.99. The van der Waals surface area contributed by atoms with Gasteiger partial charge in [0.2, 0.25) is 5.91 Å². The van der Waals surface area contributed by atoms with Crippen LogP contribution in [-0.2, 0) is 4.79 Å². The summed E-state index contributed by atoms with van der Waals surface area (Å²) in [6.07, 6.45) is 7.46. The Bertz CT molecular complexity index is 230. The van der Waals surface area contributed by atoms with Crippen LogP contribution in [0.2, 0.25) is 0 Å². The summed E-state index contributed by atoms with van der Waals surface area (Å²) in [7, 11) is 0. The van der Waals surface area contributed by atoms with Crippen LogP contribution in [-0.4, -0.2) is 25.0 Å². The molecule has 1 saturated carbocycles. The average Bonchev–Trinajstić information content (AvgIpc) is 2.83. The van der Waals surface area contributed by atoms with E-state index in [1.165, 1.54) is 25.7 Å². The van der Waals surface area contributed by atoms with E-state index in [2.05, 4.69) is 17.6 Å². The smallest absolute Gasteiger partial charge is 0.224 e. The van der Waals surface area contributed by atoms with Crippen LogP contribution >= 0.6 is 0 Å². The van der Waals surface area contributed by atoms with Gasteiger partial charge in [-0.1, -0.05) is 12.8 Å². The highest BCUT2D eigenvalue weighted by Crippen LogP contribution is 2.27. The quantitative estimate of drug-likeness (QED) is 0.766. The van der Waals surface area contributed by atoms with Crippen molar-refractivity contribution in [3.05, 3.63) is 0 Å². The van der Waals surface area contributed by atoms with Crippen molar-refractivity contribution in [3.8, 4) is 0 Å². The van der Waals surface area contributed by atoms with Crippen molar-refractivity contribution in [2.24, 2.45) is 11.8 Å². The number of amides is 1. The van der Waals surface area contributed by atoms with Gasteiger partial charge in [-0.05, 0) is 45.1 Å². The molecule has 3 nitrogen and oxygen atoms in total. The van der Waals surface area contributed by atoms with E-state index in [4.69, 9.17) is 0 Å². The Hall–Kier alpha value is -0.570. The first-order valence-corrected chi connectivity index (χ1v) is 6.78. The molecular weight excluding hydrogens is 200 g/mol. The van der Waals surface area contributed by atoms with Crippen LogP contribution in [0.1, 0.15) is 45.4 Å². The van der Waals surface area contributed by atoms with Gasteiger partial charge in [-0.3, -0.25) is 4.79 Å². The van der Waals surface area contributed by atoms with Crippen LogP contribution in [0.4, 0.5) is 0 Å². The molecule has 16 heavy (non-hydrogen) atoms. The Morgan fingerprint density at radius 3 is 2.62 bits per heavy atom. The molecule has 1 aliphatic heterocycles. The van der Waals surface area contributed by atoms with Gasteiger partial charge in [0.1, 0.15) is 0 Å². The predicted molar refractivity (Wildman–Crippen MR) is 65.2 cm³/mol. The summed E-state index contributed by atoms with van der Waals surface area (Å²) in [6.45, 7) is 4.11. The van der Waals surface area contributed by atoms with Crippen molar-refractivity contribution in [1.82, 2.24) is 10.6 Å². The fraction of sp³-hybridized carbons (Fsp3) is 0.923. The van der Waals surface area contributed by atoms with Gasteiger partial charge >= 0.3 is 0 Å². The minimum absolute atomic E-state index is 0.206. The molecule has 0 aromatic heterocycles. The highest BCUT2D eigenvalue weighted by molar-refractivity contribution is 5.79. The molecule has 2 fully saturated rings. The Labute approximate surface area is 98.4 Å². The van der Waals surface area contributed by atoms with E-state index in [-0.39, 0.29) is 11.8 Å². The molecule has 2 aliphatic rings. The Balaban J connectivity index is 1.76. The molecule has 2 N–H and O–H groups in total. The van der Waals surface area contributed by atoms with Gasteiger partial charge in [0.05, 0.1) is 5.92 Å². The molecular formula is C13H24N2O. The highest BCUT2D eigenvalue weighted by atomic mass is 16.2. The number of carbonyl (C=O) groups excluding carboxylic acids is 1. The topological polar surface area (TPSA) is 41.1 Å². The van der Waals surface area contributed by atoms with Crippen molar-refractivity contribution < 1.29 is 4.79 Å². The summed E-state index contributed by atoms with van der Waals surface area (Å²) in [5, 5.41) is 6.51. The normalized spacial score (nSPS) is 28.9. The van der Waals surface area contributed by atoms with Crippen LogP contribution in [0, 0.1) is 11.8 Å². The summed E-state index contributed by atoms with van der Waals surface area (Å²) in [6, 6.07) is 0.372. The lowest BCUT2D eigenvalue weighted by Crippen LogP contribution is -2.45. The Kier molecular flexibility index (Phi) is 4.22. The second-order valence-corrected chi connectivity index (χ2v) is 5.39. The third-order valence-electron chi connectivity index (χ3n) is 4.14. The van der Waals surface area contributed by atoms with E-state index in [1.54, 1.807) is 0 Å². The molecule has 3 heteroatoms. The van der Waals surface area contributed by atoms with E-state index in [0.717, 1.165) is 31.8 Å². The highest BCUT2D eigenvalue weighted by Gasteiger charge is 2.26. The second-order valence-electron chi connectivity index (χ2n) is 5.39. The number of nitrogens with one attached hydrogen (secondary N) is 2. The van der Waals surface area contributed by atoms with Crippen molar-refractivity contribution >= 4 is 5.91 Å². The summed E-state index contributed by atoms with van der Waals surface area (Å²) in [5.41, 5.74) is 0. The molecule has 0 aromatic carbocycles. The molecule has 1 unspecified atom stereocenters. The SMILES string of the molecule is C[C@@H](NC(=O)C1CCCNC1)C1CCCC1. The zero-order valence-corrected chi connectivity index (χ0v) is 10.3. The lowest BCUT2D eigenvalue weighted by Gasteiger charge is -2.26. The van der Waals surface area contributed by atoms with Gasteiger partial charge in [-0.2, -0.15) is 0 Å². The Morgan fingerprint density at radius 1 is 1.25 bits per heavy atom. The molecule has 0 radical (unpaired) electrons. The molecule has 1 aliphatic carbocycles. The first kappa shape index (κ1) is 11.9. The maximum Gasteiger partial charge on any atom is 0.224 e. The second kappa shape index (κ2) is 5.67. The zero-order chi connectivity index (χ0) is 11.4. The average molecular weight is 224 g/mol. The van der Waals surface area contributed by atoms with Crippen molar-refractivity contribution in [2.45, 2.75) is 51.5 Å². The first-order chi connectivity index (χ1) is 7.77. The molecule has 0 bridgehead atoms. The van der Waals surface area contributed by atoms with Crippen molar-refractivity contribution in [3.63, 3.8) is 0 Å². The molecule has 0 aromatic rings. The largest absolute Gasteiger partial charge is 0.353 e. The maximum atomic E-state index is 12.0. The van der Waals surface area contributed by atoms with Gasteiger partial charge < -0.3 is 10.6 Å². The minimum Gasteiger partial charge on any atom is -0.353 e. The van der Waals surface area contributed by atoms with Crippen LogP contribution in [0.25, 0.3) is 0 Å². The van der Waals surface area contributed by atoms with Gasteiger partial charge in [-0.25, -0.2) is 0 Å². The van der Waals surface area contributed by atoms with E-state index in [0.29, 0.717) is 6.04 Å². The van der Waals surface area contributed by atoms with Crippen molar-refractivity contribution in [1.29, 1.82) is 0 Å². The lowest BCUT2D eigenvalue weighted by atomic mass is 9.96. The van der Waals surface area contributed by atoms with Crippen molar-refractivity contribution in [2.75, 3.05) is 13.1 Å². The standard InChI is InChI=1S/C13H24N2O/c1-10(11-5-2-3-6-11)15-13(16)12-7-4-8-14-9-12/h10-12,14H,2-9H2,1H3,(H,15,16)/t10-,12?/m1/s1. The fourth-order valence-corrected chi connectivity index (χ4v) is 2.99. The van der Waals surface area contributed by atoms with Gasteiger partial charge in [0, 0.05) is 12.6 Å². The van der Waals surface area contributed by atoms with E-state index >= 15 is 0 Å². The zero-order valence-electron chi connectivity index (χ0n) is 10.3. The van der Waals surface area contributed by atoms with Gasteiger partial charge in [0.15, 0.2) is 0 Å². The van der Waals surface area contributed by atoms with Crippen LogP contribution in [0.3, 0.4) is 0 Å². The van der Waals surface area contributed by atoms with Crippen LogP contribution < -0.4 is 10.6 Å². The molecule has 1 saturated heterocycles. The van der Waals surface area contributed by atoms with Crippen LogP contribution in [0.5, 0.6) is 0 Å². The summed E-state index contributed by atoms with van der Waals surface area (Å²) < 4.78 is 0. The number of piperidine rings is 1. The minimum atomic E-state index is 0.206. The molecule has 2 rings (SSSR count). The molecule has 92 valence electrons. The van der Waals surface area contributed by atoms with Gasteiger partial charge in [0.25, 0.3) is 0 Å². The molecule has 1 amide bonds. The molecule has 2 atom stereocenters. The Morgan fingerprint density at radius 2 is 2.00 bits per heavy atom. The maximum absolute atomic E-state index is 12.0. The number of rotatable bonds is 3. The lowest BCUT2D eigenvalue weighted by molar-refractivity contribution is -0.126. The van der Waals surface area contributed by atoms with E-state index in [1.807, 2.05) is 0 Å². The number of carbonyl (C=O) groups is 1. The summed E-state index contributed by atoms with van der Waals surface area (Å²) >= 11 is 0. The number of hydrogen-bond acceptors (Lipinski definition) is 2. The van der Waals surface area contributed by atoms with Gasteiger partial charge in [-0.15, -0.1) is 0 Å². The number of hydrogen-bond donors (Lipinski definition) is 2. The molecule has 1 heterocycles. The third-order valence-corrected chi connectivity index (χ3v) is 4.14. The first-order valence-electron chi connectivity index (χ1n) is 6.78. The van der Waals surface area contributed by atoms with Crippen LogP contribution in [0.15, 0.2) is 0 Å². The predicted octanol–water partition coefficient (Wildman–Crippen LogP) is 1.68. The summed E-state index contributed by atoms with van der Waals surface area (Å²) in [4.78, 5) is 12.0. The monoisotopic (exact) mass is 224 g/mol. The third kappa shape index (κ3) is 2.97.